The highest BCUT2D eigenvalue weighted by molar-refractivity contribution is 5.97. The van der Waals surface area contributed by atoms with Crippen LogP contribution in [0, 0.1) is 6.92 Å². The molecule has 1 aromatic rings. The van der Waals surface area contributed by atoms with E-state index in [1.807, 2.05) is 0 Å². The van der Waals surface area contributed by atoms with E-state index in [4.69, 9.17) is 4.74 Å². The van der Waals surface area contributed by atoms with Crippen LogP contribution in [-0.2, 0) is 4.74 Å². The molecule has 1 amide bonds. The van der Waals surface area contributed by atoms with E-state index >= 15 is 0 Å². The second-order valence-electron chi connectivity index (χ2n) is 4.68. The fourth-order valence-corrected chi connectivity index (χ4v) is 2.09. The van der Waals surface area contributed by atoms with Gasteiger partial charge in [0.05, 0.1) is 18.8 Å². The first kappa shape index (κ1) is 13.8. The van der Waals surface area contributed by atoms with Crippen LogP contribution in [0.2, 0.25) is 0 Å². The summed E-state index contributed by atoms with van der Waals surface area (Å²) in [5, 5.41) is 12.7. The Labute approximate surface area is 113 Å². The average molecular weight is 264 g/mol. The van der Waals surface area contributed by atoms with Crippen molar-refractivity contribution in [1.82, 2.24) is 10.2 Å². The molecule has 0 spiro atoms. The monoisotopic (exact) mass is 264 g/mol. The van der Waals surface area contributed by atoms with Gasteiger partial charge in [-0.1, -0.05) is 12.1 Å². The van der Waals surface area contributed by atoms with Crippen LogP contribution < -0.4 is 5.32 Å². The molecule has 1 heterocycles. The molecule has 1 fully saturated rings. The molecule has 0 saturated carbocycles. The number of nitrogens with one attached hydrogen (secondary N) is 1. The van der Waals surface area contributed by atoms with Crippen molar-refractivity contribution < 1.29 is 14.6 Å². The van der Waals surface area contributed by atoms with Crippen LogP contribution in [-0.4, -0.2) is 55.3 Å². The summed E-state index contributed by atoms with van der Waals surface area (Å²) in [5.74, 6) is -0.166. The molecule has 0 unspecified atom stereocenters. The average Bonchev–Trinajstić information content (AvgIpc) is 2.43. The predicted molar refractivity (Wildman–Crippen MR) is 72.4 cm³/mol. The molecule has 1 aliphatic rings. The fraction of sp³-hybridized carbons (Fsp3) is 0.500. The van der Waals surface area contributed by atoms with Gasteiger partial charge in [-0.25, -0.2) is 0 Å². The lowest BCUT2D eigenvalue weighted by atomic mass is 10.1. The Morgan fingerprint density at radius 2 is 2.16 bits per heavy atom. The van der Waals surface area contributed by atoms with Gasteiger partial charge in [-0.05, 0) is 18.6 Å². The Bertz CT molecular complexity index is 442. The van der Waals surface area contributed by atoms with Gasteiger partial charge in [-0.3, -0.25) is 9.69 Å². The van der Waals surface area contributed by atoms with Gasteiger partial charge in [0, 0.05) is 26.2 Å². The predicted octanol–water partition coefficient (Wildman–Crippen LogP) is 0.763. The lowest BCUT2D eigenvalue weighted by Crippen LogP contribution is -2.41. The number of para-hydroxylation sites is 1. The summed E-state index contributed by atoms with van der Waals surface area (Å²) in [4.78, 5) is 14.2. The number of ether oxygens (including phenoxy) is 1. The number of aryl methyl sites for hydroxylation is 1. The van der Waals surface area contributed by atoms with Crippen molar-refractivity contribution in [3.8, 4) is 5.75 Å². The van der Waals surface area contributed by atoms with Crippen LogP contribution in [0.3, 0.4) is 0 Å². The number of carbonyl (C=O) groups is 1. The van der Waals surface area contributed by atoms with E-state index in [2.05, 4.69) is 10.2 Å². The highest BCUT2D eigenvalue weighted by Gasteiger charge is 2.13. The van der Waals surface area contributed by atoms with E-state index in [1.54, 1.807) is 25.1 Å². The van der Waals surface area contributed by atoms with Crippen LogP contribution in [0.5, 0.6) is 5.75 Å². The van der Waals surface area contributed by atoms with Crippen molar-refractivity contribution in [2.75, 3.05) is 39.4 Å². The van der Waals surface area contributed by atoms with E-state index in [9.17, 15) is 9.90 Å². The van der Waals surface area contributed by atoms with Gasteiger partial charge in [0.2, 0.25) is 0 Å². The Kier molecular flexibility index (Phi) is 4.76. The number of rotatable bonds is 4. The summed E-state index contributed by atoms with van der Waals surface area (Å²) < 4.78 is 5.26. The molecule has 2 N–H and O–H groups in total. The summed E-state index contributed by atoms with van der Waals surface area (Å²) in [7, 11) is 0. The van der Waals surface area contributed by atoms with Crippen molar-refractivity contribution in [2.45, 2.75) is 6.92 Å². The molecular weight excluding hydrogens is 244 g/mol. The number of amides is 1. The normalized spacial score (nSPS) is 16.3. The SMILES string of the molecule is Cc1cccc(C(=O)NCCN2CCOCC2)c1O. The quantitative estimate of drug-likeness (QED) is 0.843. The van der Waals surface area contributed by atoms with Crippen molar-refractivity contribution >= 4 is 5.91 Å². The number of morpholine rings is 1. The third-order valence-electron chi connectivity index (χ3n) is 3.30. The smallest absolute Gasteiger partial charge is 0.255 e. The lowest BCUT2D eigenvalue weighted by molar-refractivity contribution is 0.0383. The van der Waals surface area contributed by atoms with Crippen LogP contribution in [0.15, 0.2) is 18.2 Å². The van der Waals surface area contributed by atoms with E-state index in [-0.39, 0.29) is 11.7 Å². The molecular formula is C14H20N2O3. The number of hydrogen-bond donors (Lipinski definition) is 2. The number of phenolic OH excluding ortho intramolecular Hbond substituents is 1. The van der Waals surface area contributed by atoms with Crippen LogP contribution in [0.1, 0.15) is 15.9 Å². The van der Waals surface area contributed by atoms with Gasteiger partial charge < -0.3 is 15.2 Å². The molecule has 1 aliphatic heterocycles. The summed E-state index contributed by atoms with van der Waals surface area (Å²) >= 11 is 0. The molecule has 0 atom stereocenters. The van der Waals surface area contributed by atoms with Crippen molar-refractivity contribution in [3.05, 3.63) is 29.3 Å². The molecule has 104 valence electrons. The number of hydrogen-bond acceptors (Lipinski definition) is 4. The van der Waals surface area contributed by atoms with E-state index in [0.717, 1.165) is 32.8 Å². The van der Waals surface area contributed by atoms with Crippen LogP contribution >= 0.6 is 0 Å². The van der Waals surface area contributed by atoms with Crippen molar-refractivity contribution in [2.24, 2.45) is 0 Å². The molecule has 19 heavy (non-hydrogen) atoms. The molecule has 0 bridgehead atoms. The van der Waals surface area contributed by atoms with Gasteiger partial charge in [0.25, 0.3) is 5.91 Å². The Hall–Kier alpha value is -1.59. The summed E-state index contributed by atoms with van der Waals surface area (Å²) in [6.45, 7) is 6.49. The molecule has 5 heteroatoms. The Morgan fingerprint density at radius 3 is 2.89 bits per heavy atom. The molecule has 0 aromatic heterocycles. The van der Waals surface area contributed by atoms with Gasteiger partial charge in [-0.15, -0.1) is 0 Å². The highest BCUT2D eigenvalue weighted by Crippen LogP contribution is 2.20. The van der Waals surface area contributed by atoms with Crippen LogP contribution in [0.4, 0.5) is 0 Å². The Morgan fingerprint density at radius 1 is 1.42 bits per heavy atom. The van der Waals surface area contributed by atoms with Gasteiger partial charge in [0.15, 0.2) is 0 Å². The maximum absolute atomic E-state index is 11.9. The maximum Gasteiger partial charge on any atom is 0.255 e. The fourth-order valence-electron chi connectivity index (χ4n) is 2.09. The number of benzene rings is 1. The number of nitrogens with zero attached hydrogens (tertiary/aromatic N) is 1. The summed E-state index contributed by atoms with van der Waals surface area (Å²) in [6, 6.07) is 5.18. The molecule has 5 nitrogen and oxygen atoms in total. The van der Waals surface area contributed by atoms with Gasteiger partial charge in [0.1, 0.15) is 5.75 Å². The molecule has 0 radical (unpaired) electrons. The third-order valence-corrected chi connectivity index (χ3v) is 3.30. The molecule has 1 aromatic carbocycles. The second kappa shape index (κ2) is 6.54. The highest BCUT2D eigenvalue weighted by atomic mass is 16.5. The Balaban J connectivity index is 1.82. The first-order chi connectivity index (χ1) is 9.18. The minimum absolute atomic E-state index is 0.0615. The first-order valence-corrected chi connectivity index (χ1v) is 6.55. The number of phenols is 1. The first-order valence-electron chi connectivity index (χ1n) is 6.55. The molecule has 0 aliphatic carbocycles. The standard InChI is InChI=1S/C14H20N2O3/c1-11-3-2-4-12(13(11)17)14(18)15-5-6-16-7-9-19-10-8-16/h2-4,17H,5-10H2,1H3,(H,15,18). The van der Waals surface area contributed by atoms with E-state index in [1.165, 1.54) is 0 Å². The topological polar surface area (TPSA) is 61.8 Å². The lowest BCUT2D eigenvalue weighted by Gasteiger charge is -2.26. The zero-order chi connectivity index (χ0) is 13.7. The van der Waals surface area contributed by atoms with Crippen LogP contribution in [0.25, 0.3) is 0 Å². The number of aromatic hydroxyl groups is 1. The minimum Gasteiger partial charge on any atom is -0.507 e. The molecule has 2 rings (SSSR count). The third kappa shape index (κ3) is 3.68. The second-order valence-corrected chi connectivity index (χ2v) is 4.68. The van der Waals surface area contributed by atoms with E-state index in [0.29, 0.717) is 17.7 Å². The van der Waals surface area contributed by atoms with Crippen molar-refractivity contribution in [3.63, 3.8) is 0 Å². The number of carbonyl (C=O) groups excluding carboxylic acids is 1. The zero-order valence-electron chi connectivity index (χ0n) is 11.2. The largest absolute Gasteiger partial charge is 0.507 e. The minimum atomic E-state index is -0.227. The zero-order valence-corrected chi connectivity index (χ0v) is 11.2. The summed E-state index contributed by atoms with van der Waals surface area (Å²) in [5.41, 5.74) is 1.04. The maximum atomic E-state index is 11.9. The van der Waals surface area contributed by atoms with Gasteiger partial charge >= 0.3 is 0 Å². The summed E-state index contributed by atoms with van der Waals surface area (Å²) in [6.07, 6.45) is 0. The molecule has 1 saturated heterocycles. The van der Waals surface area contributed by atoms with Gasteiger partial charge in [-0.2, -0.15) is 0 Å². The van der Waals surface area contributed by atoms with E-state index < -0.39 is 0 Å². The van der Waals surface area contributed by atoms with Crippen molar-refractivity contribution in [1.29, 1.82) is 0 Å².